The van der Waals surface area contributed by atoms with Crippen molar-refractivity contribution in [1.29, 1.82) is 0 Å². The van der Waals surface area contributed by atoms with Gasteiger partial charge in [-0.25, -0.2) is 22.0 Å². The van der Waals surface area contributed by atoms with Crippen molar-refractivity contribution in [2.75, 3.05) is 5.73 Å². The zero-order chi connectivity index (χ0) is 25.6. The lowest BCUT2D eigenvalue weighted by Gasteiger charge is -2.05. The molecular formula is C26H35F5N2. The average molecular weight is 471 g/mol. The number of anilines is 1. The van der Waals surface area contributed by atoms with Crippen molar-refractivity contribution in [3.63, 3.8) is 0 Å². The van der Waals surface area contributed by atoms with Crippen LogP contribution >= 0.6 is 0 Å². The van der Waals surface area contributed by atoms with E-state index in [1.807, 2.05) is 6.20 Å². The Morgan fingerprint density at radius 1 is 1.03 bits per heavy atom. The molecule has 0 amide bonds. The van der Waals surface area contributed by atoms with Crippen LogP contribution in [-0.4, -0.2) is 17.3 Å². The fourth-order valence-electron chi connectivity index (χ4n) is 2.22. The lowest BCUT2D eigenvalue weighted by Crippen LogP contribution is -2.20. The topological polar surface area (TPSA) is 38.9 Å². The second-order valence-electron chi connectivity index (χ2n) is 8.03. The van der Waals surface area contributed by atoms with Crippen molar-refractivity contribution >= 4 is 5.69 Å². The van der Waals surface area contributed by atoms with Crippen LogP contribution in [0.4, 0.5) is 27.6 Å². The first-order valence-electron chi connectivity index (χ1n) is 10.7. The van der Waals surface area contributed by atoms with E-state index in [2.05, 4.69) is 57.0 Å². The molecular weight excluding hydrogens is 435 g/mol. The summed E-state index contributed by atoms with van der Waals surface area (Å²) in [6, 6.07) is 8.71. The van der Waals surface area contributed by atoms with Crippen molar-refractivity contribution in [1.82, 2.24) is 4.98 Å². The number of nitrogens with two attached hydrogens (primary N) is 1. The monoisotopic (exact) mass is 470 g/mol. The van der Waals surface area contributed by atoms with Crippen LogP contribution in [0.1, 0.15) is 57.4 Å². The second kappa shape index (κ2) is 15.2. The van der Waals surface area contributed by atoms with Crippen LogP contribution in [0.2, 0.25) is 0 Å². The van der Waals surface area contributed by atoms with Gasteiger partial charge >= 0.3 is 12.3 Å². The number of halogens is 5. The zero-order valence-corrected chi connectivity index (χ0v) is 20.2. The van der Waals surface area contributed by atoms with Crippen molar-refractivity contribution in [3.8, 4) is 0 Å². The van der Waals surface area contributed by atoms with E-state index in [0.29, 0.717) is 5.69 Å². The van der Waals surface area contributed by atoms with Crippen molar-refractivity contribution in [2.24, 2.45) is 0 Å². The molecule has 2 N–H and O–H groups in total. The van der Waals surface area contributed by atoms with E-state index >= 15 is 0 Å². The van der Waals surface area contributed by atoms with Crippen LogP contribution in [-0.2, 0) is 6.42 Å². The van der Waals surface area contributed by atoms with Crippen LogP contribution in [0, 0.1) is 19.7 Å². The number of aryl methyl sites for hydroxylation is 3. The van der Waals surface area contributed by atoms with Crippen LogP contribution in [0.5, 0.6) is 0 Å². The highest BCUT2D eigenvalue weighted by Gasteiger charge is 2.33. The number of nitrogen functional groups attached to an aromatic ring is 1. The summed E-state index contributed by atoms with van der Waals surface area (Å²) in [7, 11) is 0. The molecule has 33 heavy (non-hydrogen) atoms. The molecule has 0 saturated carbocycles. The van der Waals surface area contributed by atoms with E-state index in [9.17, 15) is 22.0 Å². The minimum absolute atomic E-state index is 0.178. The number of nitrogens with zero attached hydrogens (tertiary/aromatic N) is 1. The SMILES string of the molecule is CC(F)(F)C(F)F.CC/C(C)=C\C=C(/C)CCc1ccc(C)cn1.Cc1cc(N)cc(F)c1. The molecule has 2 rings (SSSR count). The molecule has 0 aliphatic rings. The molecule has 184 valence electrons. The average Bonchev–Trinajstić information content (AvgIpc) is 2.70. The Balaban J connectivity index is 0.000000534. The lowest BCUT2D eigenvalue weighted by molar-refractivity contribution is -0.113. The Kier molecular flexibility index (Phi) is 14.0. The predicted octanol–water partition coefficient (Wildman–Crippen LogP) is 8.25. The van der Waals surface area contributed by atoms with Crippen LogP contribution in [0.3, 0.4) is 0 Å². The molecule has 0 unspecified atom stereocenters. The summed E-state index contributed by atoms with van der Waals surface area (Å²) in [6.45, 7) is 10.6. The summed E-state index contributed by atoms with van der Waals surface area (Å²) < 4.78 is 56.1. The van der Waals surface area contributed by atoms with Gasteiger partial charge in [0, 0.05) is 24.5 Å². The maximum Gasteiger partial charge on any atom is 0.304 e. The fourth-order valence-corrected chi connectivity index (χ4v) is 2.22. The number of hydrogen-bond donors (Lipinski definition) is 1. The molecule has 1 aromatic heterocycles. The molecule has 0 radical (unpaired) electrons. The van der Waals surface area contributed by atoms with Gasteiger partial charge < -0.3 is 5.73 Å². The van der Waals surface area contributed by atoms with Gasteiger partial charge in [0.1, 0.15) is 5.82 Å². The summed E-state index contributed by atoms with van der Waals surface area (Å²) in [4.78, 5) is 4.42. The molecule has 1 aromatic carbocycles. The Labute approximate surface area is 194 Å². The number of hydrogen-bond acceptors (Lipinski definition) is 2. The normalized spacial score (nSPS) is 12.0. The van der Waals surface area contributed by atoms with E-state index in [-0.39, 0.29) is 12.7 Å². The molecule has 0 aliphatic carbocycles. The molecule has 2 nitrogen and oxygen atoms in total. The zero-order valence-electron chi connectivity index (χ0n) is 20.2. The van der Waals surface area contributed by atoms with Gasteiger partial charge in [-0.1, -0.05) is 36.3 Å². The fraction of sp³-hybridized carbons (Fsp3) is 0.423. The molecule has 0 aliphatic heterocycles. The molecule has 0 spiro atoms. The van der Waals surface area contributed by atoms with Crippen LogP contribution in [0.15, 0.2) is 59.8 Å². The maximum atomic E-state index is 12.3. The third-order valence-corrected chi connectivity index (χ3v) is 4.41. The van der Waals surface area contributed by atoms with Gasteiger partial charge in [-0.05, 0) is 82.3 Å². The van der Waals surface area contributed by atoms with Gasteiger partial charge in [0.05, 0.1) is 0 Å². The summed E-state index contributed by atoms with van der Waals surface area (Å²) in [6.07, 6.45) is 6.10. The van der Waals surface area contributed by atoms with Crippen molar-refractivity contribution in [3.05, 3.63) is 82.5 Å². The summed E-state index contributed by atoms with van der Waals surface area (Å²) in [5, 5.41) is 0. The van der Waals surface area contributed by atoms with Gasteiger partial charge in [0.2, 0.25) is 0 Å². The predicted molar refractivity (Wildman–Crippen MR) is 127 cm³/mol. The highest BCUT2D eigenvalue weighted by Crippen LogP contribution is 2.20. The van der Waals surface area contributed by atoms with Crippen LogP contribution < -0.4 is 5.73 Å². The summed E-state index contributed by atoms with van der Waals surface area (Å²) in [5.41, 5.74) is 11.9. The highest BCUT2D eigenvalue weighted by atomic mass is 19.3. The molecule has 7 heteroatoms. The number of pyridine rings is 1. The minimum Gasteiger partial charge on any atom is -0.399 e. The first kappa shape index (κ1) is 30.3. The Bertz CT molecular complexity index is 832. The third kappa shape index (κ3) is 15.7. The maximum absolute atomic E-state index is 12.3. The van der Waals surface area contributed by atoms with Gasteiger partial charge in [-0.2, -0.15) is 0 Å². The minimum atomic E-state index is -3.83. The van der Waals surface area contributed by atoms with Gasteiger partial charge in [-0.15, -0.1) is 0 Å². The van der Waals surface area contributed by atoms with E-state index in [1.54, 1.807) is 13.0 Å². The largest absolute Gasteiger partial charge is 0.399 e. The lowest BCUT2D eigenvalue weighted by atomic mass is 10.1. The van der Waals surface area contributed by atoms with E-state index in [4.69, 9.17) is 5.73 Å². The Hall–Kier alpha value is -2.70. The Morgan fingerprint density at radius 3 is 2.03 bits per heavy atom. The number of allylic oxidation sites excluding steroid dienone is 4. The quantitative estimate of drug-likeness (QED) is 0.262. The number of aromatic nitrogens is 1. The number of alkyl halides is 4. The van der Waals surface area contributed by atoms with Crippen LogP contribution in [0.25, 0.3) is 0 Å². The van der Waals surface area contributed by atoms with Crippen molar-refractivity contribution < 1.29 is 22.0 Å². The van der Waals surface area contributed by atoms with E-state index in [1.165, 1.54) is 34.5 Å². The smallest absolute Gasteiger partial charge is 0.304 e. The molecule has 2 aromatic rings. The molecule has 0 fully saturated rings. The van der Waals surface area contributed by atoms with Gasteiger partial charge in [0.15, 0.2) is 0 Å². The number of rotatable bonds is 6. The van der Waals surface area contributed by atoms with E-state index < -0.39 is 12.3 Å². The number of benzene rings is 1. The standard InChI is InChI=1S/C16H23N.C7H8FN.C3H4F4/c1-5-13(2)6-7-14(3)8-10-16-11-9-15(4)12-17-16;1-5-2-6(8)4-7(9)3-5;1-3(6,7)2(4)5/h6-7,9,11-12H,5,8,10H2,1-4H3;2-4H,9H2,1H3;2H,1H3/b13-6-,14-7+;;. The van der Waals surface area contributed by atoms with E-state index in [0.717, 1.165) is 24.8 Å². The molecule has 0 bridgehead atoms. The third-order valence-electron chi connectivity index (χ3n) is 4.41. The van der Waals surface area contributed by atoms with Gasteiger partial charge in [0.25, 0.3) is 0 Å². The summed E-state index contributed by atoms with van der Waals surface area (Å²) >= 11 is 0. The highest BCUT2D eigenvalue weighted by molar-refractivity contribution is 5.40. The Morgan fingerprint density at radius 2 is 1.61 bits per heavy atom. The molecule has 1 heterocycles. The summed E-state index contributed by atoms with van der Waals surface area (Å²) in [5.74, 6) is -4.10. The second-order valence-corrected chi connectivity index (χ2v) is 8.03. The first-order valence-corrected chi connectivity index (χ1v) is 10.7. The molecule has 0 saturated heterocycles. The van der Waals surface area contributed by atoms with Crippen molar-refractivity contribution in [2.45, 2.75) is 73.2 Å². The first-order chi connectivity index (χ1) is 15.2. The molecule has 0 atom stereocenters. The van der Waals surface area contributed by atoms with Gasteiger partial charge in [-0.3, -0.25) is 4.98 Å².